The maximum absolute atomic E-state index is 13.2. The van der Waals surface area contributed by atoms with Crippen LogP contribution in [0.15, 0.2) is 48.5 Å². The summed E-state index contributed by atoms with van der Waals surface area (Å²) in [6.45, 7) is 0. The normalized spacial score (nSPS) is 12.9. The molecule has 1 amide bonds. The fraction of sp³-hybridized carbons (Fsp3) is 0.263. The molecule has 2 rings (SSSR count). The average molecular weight is 419 g/mol. The van der Waals surface area contributed by atoms with Crippen LogP contribution < -0.4 is 5.32 Å². The van der Waals surface area contributed by atoms with Crippen molar-refractivity contribution >= 4 is 11.9 Å². The Balaban J connectivity index is 2.30. The Morgan fingerprint density at radius 1 is 0.966 bits per heavy atom. The number of benzene rings is 2. The van der Waals surface area contributed by atoms with Gasteiger partial charge in [-0.1, -0.05) is 24.3 Å². The summed E-state index contributed by atoms with van der Waals surface area (Å²) < 4.78 is 82.4. The van der Waals surface area contributed by atoms with Gasteiger partial charge in [-0.25, -0.2) is 4.79 Å². The quantitative estimate of drug-likeness (QED) is 0.583. The number of halogens is 6. The highest BCUT2D eigenvalue weighted by Gasteiger charge is 2.35. The van der Waals surface area contributed by atoms with E-state index in [0.29, 0.717) is 6.07 Å². The van der Waals surface area contributed by atoms with Crippen molar-refractivity contribution < 1.29 is 40.7 Å². The molecule has 0 unspecified atom stereocenters. The number of alkyl halides is 6. The number of hydrogen-bond donors (Lipinski definition) is 1. The van der Waals surface area contributed by atoms with Crippen molar-refractivity contribution in [2.75, 3.05) is 7.11 Å². The first kappa shape index (κ1) is 22.3. The molecule has 0 bridgehead atoms. The van der Waals surface area contributed by atoms with Crippen LogP contribution in [0.5, 0.6) is 0 Å². The van der Waals surface area contributed by atoms with Gasteiger partial charge in [0.15, 0.2) is 0 Å². The van der Waals surface area contributed by atoms with Gasteiger partial charge in [-0.05, 0) is 29.8 Å². The van der Waals surface area contributed by atoms with Gasteiger partial charge in [-0.2, -0.15) is 26.3 Å². The zero-order valence-electron chi connectivity index (χ0n) is 14.9. The van der Waals surface area contributed by atoms with Gasteiger partial charge < -0.3 is 10.1 Å². The highest BCUT2D eigenvalue weighted by atomic mass is 19.4. The summed E-state index contributed by atoms with van der Waals surface area (Å²) in [7, 11) is 0.974. The van der Waals surface area contributed by atoms with Crippen molar-refractivity contribution in [3.05, 3.63) is 70.8 Å². The maximum atomic E-state index is 13.2. The van der Waals surface area contributed by atoms with E-state index in [-0.39, 0.29) is 5.56 Å². The van der Waals surface area contributed by atoms with Crippen LogP contribution in [0, 0.1) is 0 Å². The van der Waals surface area contributed by atoms with Gasteiger partial charge in [-0.3, -0.25) is 4.79 Å². The maximum Gasteiger partial charge on any atom is 0.416 e. The van der Waals surface area contributed by atoms with Crippen LogP contribution in [0.3, 0.4) is 0 Å². The van der Waals surface area contributed by atoms with Crippen molar-refractivity contribution in [2.45, 2.75) is 24.8 Å². The minimum atomic E-state index is -4.69. The Hall–Kier alpha value is -3.04. The second-order valence-corrected chi connectivity index (χ2v) is 5.99. The first-order chi connectivity index (χ1) is 13.4. The zero-order chi connectivity index (χ0) is 21.8. The lowest BCUT2D eigenvalue weighted by Gasteiger charge is -2.19. The molecule has 0 radical (unpaired) electrons. The molecule has 1 N–H and O–H groups in total. The Bertz CT molecular complexity index is 892. The Kier molecular flexibility index (Phi) is 6.55. The second-order valence-electron chi connectivity index (χ2n) is 5.99. The first-order valence-electron chi connectivity index (χ1n) is 8.14. The monoisotopic (exact) mass is 419 g/mol. The Morgan fingerprint density at radius 3 is 2.21 bits per heavy atom. The summed E-state index contributed by atoms with van der Waals surface area (Å²) in [6, 6.07) is 6.33. The lowest BCUT2D eigenvalue weighted by Crippen LogP contribution is -2.43. The summed E-state index contributed by atoms with van der Waals surface area (Å²) in [5.41, 5.74) is -2.76. The van der Waals surface area contributed by atoms with E-state index in [4.69, 9.17) is 0 Å². The number of hydrogen-bond acceptors (Lipinski definition) is 3. The fourth-order valence-electron chi connectivity index (χ4n) is 2.61. The molecule has 0 aromatic heterocycles. The van der Waals surface area contributed by atoms with Crippen LogP contribution in [-0.4, -0.2) is 25.0 Å². The fourth-order valence-corrected chi connectivity index (χ4v) is 2.61. The summed E-state index contributed by atoms with van der Waals surface area (Å²) >= 11 is 0. The van der Waals surface area contributed by atoms with Crippen LogP contribution in [0.1, 0.15) is 27.0 Å². The molecule has 2 aromatic rings. The van der Waals surface area contributed by atoms with E-state index in [1.54, 1.807) is 0 Å². The van der Waals surface area contributed by atoms with Gasteiger partial charge in [0.1, 0.15) is 6.04 Å². The average Bonchev–Trinajstić information content (AvgIpc) is 2.65. The third kappa shape index (κ3) is 5.72. The van der Waals surface area contributed by atoms with Gasteiger partial charge in [0.25, 0.3) is 5.91 Å². The van der Waals surface area contributed by atoms with Crippen LogP contribution in [-0.2, 0) is 28.3 Å². The molecular weight excluding hydrogens is 404 g/mol. The summed E-state index contributed by atoms with van der Waals surface area (Å²) in [5, 5.41) is 2.14. The van der Waals surface area contributed by atoms with Crippen molar-refractivity contribution in [2.24, 2.45) is 0 Å². The molecule has 1 atom stereocenters. The van der Waals surface area contributed by atoms with Crippen LogP contribution in [0.4, 0.5) is 26.3 Å². The number of esters is 1. The van der Waals surface area contributed by atoms with Gasteiger partial charge >= 0.3 is 18.3 Å². The number of carbonyl (C=O) groups excluding carboxylic acids is 2. The number of ether oxygens (including phenoxy) is 1. The molecule has 0 fully saturated rings. The number of carbonyl (C=O) groups is 2. The molecule has 0 spiro atoms. The van der Waals surface area contributed by atoms with Crippen LogP contribution >= 0.6 is 0 Å². The standard InChI is InChI=1S/C19H15F6NO3/c1-29-17(28)15(10-11-5-2-3-8-14(11)19(23,24)25)26-16(27)12-6-4-7-13(9-12)18(20,21)22/h2-9,15H,10H2,1H3,(H,26,27)/t15-/m1/s1. The van der Waals surface area contributed by atoms with E-state index in [0.717, 1.165) is 37.4 Å². The second kappa shape index (κ2) is 8.54. The molecule has 0 saturated carbocycles. The molecule has 0 aliphatic heterocycles. The zero-order valence-corrected chi connectivity index (χ0v) is 14.9. The van der Waals surface area contributed by atoms with Gasteiger partial charge in [0.05, 0.1) is 18.2 Å². The molecule has 2 aromatic carbocycles. The van der Waals surface area contributed by atoms with E-state index < -0.39 is 53.4 Å². The van der Waals surface area contributed by atoms with E-state index in [1.165, 1.54) is 12.1 Å². The molecule has 10 heteroatoms. The summed E-state index contributed by atoms with van der Waals surface area (Å²) in [4.78, 5) is 24.3. The van der Waals surface area contributed by atoms with Gasteiger partial charge in [0, 0.05) is 12.0 Å². The number of nitrogens with one attached hydrogen (secondary N) is 1. The Morgan fingerprint density at radius 2 is 1.62 bits per heavy atom. The number of methoxy groups -OCH3 is 1. The van der Waals surface area contributed by atoms with Crippen molar-refractivity contribution in [3.8, 4) is 0 Å². The third-order valence-electron chi connectivity index (χ3n) is 3.99. The molecule has 4 nitrogen and oxygen atoms in total. The van der Waals surface area contributed by atoms with Gasteiger partial charge in [-0.15, -0.1) is 0 Å². The lowest BCUT2D eigenvalue weighted by molar-refractivity contribution is -0.144. The molecular formula is C19H15F6NO3. The first-order valence-corrected chi connectivity index (χ1v) is 8.14. The summed E-state index contributed by atoms with van der Waals surface area (Å²) in [5.74, 6) is -2.10. The molecule has 0 aliphatic rings. The lowest BCUT2D eigenvalue weighted by atomic mass is 9.99. The van der Waals surface area contributed by atoms with Crippen molar-refractivity contribution in [3.63, 3.8) is 0 Å². The summed E-state index contributed by atoms with van der Waals surface area (Å²) in [6.07, 6.45) is -9.95. The number of rotatable bonds is 5. The SMILES string of the molecule is COC(=O)[C@@H](Cc1ccccc1C(F)(F)F)NC(=O)c1cccc(C(F)(F)F)c1. The predicted molar refractivity (Wildman–Crippen MR) is 89.9 cm³/mol. The topological polar surface area (TPSA) is 55.4 Å². The third-order valence-corrected chi connectivity index (χ3v) is 3.99. The molecule has 0 aliphatic carbocycles. The smallest absolute Gasteiger partial charge is 0.416 e. The molecule has 0 saturated heterocycles. The van der Waals surface area contributed by atoms with Crippen molar-refractivity contribution in [1.82, 2.24) is 5.32 Å². The van der Waals surface area contributed by atoms with E-state index in [1.807, 2.05) is 0 Å². The number of amides is 1. The highest BCUT2D eigenvalue weighted by molar-refractivity contribution is 5.97. The minimum absolute atomic E-state index is 0.278. The minimum Gasteiger partial charge on any atom is -0.467 e. The van der Waals surface area contributed by atoms with Crippen molar-refractivity contribution in [1.29, 1.82) is 0 Å². The van der Waals surface area contributed by atoms with E-state index >= 15 is 0 Å². The molecule has 0 heterocycles. The largest absolute Gasteiger partial charge is 0.467 e. The van der Waals surface area contributed by atoms with E-state index in [2.05, 4.69) is 10.1 Å². The van der Waals surface area contributed by atoms with Crippen LogP contribution in [0.2, 0.25) is 0 Å². The van der Waals surface area contributed by atoms with E-state index in [9.17, 15) is 35.9 Å². The van der Waals surface area contributed by atoms with Crippen LogP contribution in [0.25, 0.3) is 0 Å². The predicted octanol–water partition coefficient (Wildman–Crippen LogP) is 4.24. The Labute approximate surface area is 161 Å². The molecule has 29 heavy (non-hydrogen) atoms. The highest BCUT2D eigenvalue weighted by Crippen LogP contribution is 2.32. The molecule has 156 valence electrons. The van der Waals surface area contributed by atoms with Gasteiger partial charge in [0.2, 0.25) is 0 Å².